The topological polar surface area (TPSA) is 194 Å². The molecular weight excluding hydrogens is 396 g/mol. The van der Waals surface area contributed by atoms with E-state index in [9.17, 15) is 29.1 Å². The molecule has 0 aromatic rings. The van der Waals surface area contributed by atoms with Gasteiger partial charge in [0.05, 0.1) is 19.1 Å². The first-order chi connectivity index (χ1) is 13.2. The van der Waals surface area contributed by atoms with Gasteiger partial charge in [0, 0.05) is 5.75 Å². The van der Waals surface area contributed by atoms with Crippen molar-refractivity contribution >= 4 is 42.3 Å². The molecule has 158 valence electrons. The summed E-state index contributed by atoms with van der Waals surface area (Å²) < 4.78 is 0. The summed E-state index contributed by atoms with van der Waals surface area (Å²) in [5, 5.41) is 36.6. The molecule has 7 N–H and O–H groups in total. The van der Waals surface area contributed by atoms with E-state index in [4.69, 9.17) is 10.2 Å². The van der Waals surface area contributed by atoms with Crippen molar-refractivity contribution in [2.75, 3.05) is 18.9 Å². The van der Waals surface area contributed by atoms with Crippen molar-refractivity contribution in [2.45, 2.75) is 43.4 Å². The number of thiol groups is 1. The number of hydrogen-bond acceptors (Lipinski definition) is 8. The number of aliphatic hydroxyl groups excluding tert-OH is 1. The molecule has 28 heavy (non-hydrogen) atoms. The lowest BCUT2D eigenvalue weighted by Crippen LogP contribution is -2.58. The van der Waals surface area contributed by atoms with E-state index in [0.717, 1.165) is 6.42 Å². The Kier molecular flexibility index (Phi) is 9.68. The minimum absolute atomic E-state index is 0.229. The fraction of sp³-hybridized carbons (Fsp3) is 0.667. The zero-order chi connectivity index (χ0) is 21.3. The number of carboxylic acid groups (broad SMARTS) is 2. The van der Waals surface area contributed by atoms with Crippen LogP contribution in [0.1, 0.15) is 19.3 Å². The largest absolute Gasteiger partial charge is 0.481 e. The highest BCUT2D eigenvalue weighted by Crippen LogP contribution is 2.05. The molecule has 1 rings (SSSR count). The van der Waals surface area contributed by atoms with Gasteiger partial charge in [-0.1, -0.05) is 0 Å². The van der Waals surface area contributed by atoms with Gasteiger partial charge in [0.2, 0.25) is 17.7 Å². The molecule has 0 radical (unpaired) electrons. The molecule has 0 aliphatic carbocycles. The first-order valence-corrected chi connectivity index (χ1v) is 9.13. The van der Waals surface area contributed by atoms with E-state index in [1.807, 2.05) is 5.32 Å². The Morgan fingerprint density at radius 1 is 1.00 bits per heavy atom. The van der Waals surface area contributed by atoms with E-state index in [1.165, 1.54) is 0 Å². The van der Waals surface area contributed by atoms with Gasteiger partial charge in [0.25, 0.3) is 0 Å². The zero-order valence-corrected chi connectivity index (χ0v) is 15.8. The smallest absolute Gasteiger partial charge is 0.326 e. The molecule has 1 saturated heterocycles. The molecule has 1 aliphatic heterocycles. The summed E-state index contributed by atoms with van der Waals surface area (Å²) in [5.41, 5.74) is 0. The van der Waals surface area contributed by atoms with Crippen LogP contribution in [0.4, 0.5) is 0 Å². The van der Waals surface area contributed by atoms with E-state index in [2.05, 4.69) is 28.6 Å². The third-order valence-electron chi connectivity index (χ3n) is 4.00. The average Bonchev–Trinajstić information content (AvgIpc) is 3.17. The number of amides is 3. The number of aliphatic hydroxyl groups is 1. The Balaban J connectivity index is 2.67. The van der Waals surface area contributed by atoms with Crippen molar-refractivity contribution in [3.8, 4) is 0 Å². The summed E-state index contributed by atoms with van der Waals surface area (Å²) in [4.78, 5) is 58.2. The Hall–Kier alpha value is -2.38. The molecule has 0 bridgehead atoms. The molecule has 0 spiro atoms. The predicted octanol–water partition coefficient (Wildman–Crippen LogP) is -3.33. The minimum atomic E-state index is -1.69. The Morgan fingerprint density at radius 2 is 1.61 bits per heavy atom. The Bertz CT molecular complexity index is 611. The van der Waals surface area contributed by atoms with Crippen LogP contribution in [-0.4, -0.2) is 88.1 Å². The van der Waals surface area contributed by atoms with E-state index in [0.29, 0.717) is 13.0 Å². The maximum Gasteiger partial charge on any atom is 0.326 e. The van der Waals surface area contributed by atoms with E-state index >= 15 is 0 Å². The monoisotopic (exact) mass is 420 g/mol. The van der Waals surface area contributed by atoms with Gasteiger partial charge in [0.15, 0.2) is 0 Å². The second kappa shape index (κ2) is 11.5. The summed E-state index contributed by atoms with van der Waals surface area (Å²) in [5.74, 6) is -5.50. The molecule has 0 aromatic carbocycles. The lowest BCUT2D eigenvalue weighted by atomic mass is 10.1. The Labute approximate surface area is 165 Å². The predicted molar refractivity (Wildman–Crippen MR) is 97.6 cm³/mol. The lowest BCUT2D eigenvalue weighted by molar-refractivity contribution is -0.147. The second-order valence-electron chi connectivity index (χ2n) is 6.13. The number of carbonyl (C=O) groups is 5. The molecule has 0 saturated carbocycles. The highest BCUT2D eigenvalue weighted by molar-refractivity contribution is 7.80. The fourth-order valence-electron chi connectivity index (χ4n) is 2.49. The molecule has 4 unspecified atom stereocenters. The summed E-state index contributed by atoms with van der Waals surface area (Å²) in [7, 11) is 0. The maximum absolute atomic E-state index is 12.3. The van der Waals surface area contributed by atoms with Crippen molar-refractivity contribution in [1.82, 2.24) is 21.3 Å². The van der Waals surface area contributed by atoms with Crippen LogP contribution in [-0.2, 0) is 24.0 Å². The first kappa shape index (κ1) is 23.7. The normalized spacial score (nSPS) is 19.1. The lowest BCUT2D eigenvalue weighted by Gasteiger charge is -2.23. The number of carbonyl (C=O) groups excluding carboxylic acids is 3. The van der Waals surface area contributed by atoms with Gasteiger partial charge in [0.1, 0.15) is 18.1 Å². The van der Waals surface area contributed by atoms with Crippen LogP contribution in [0.15, 0.2) is 0 Å². The van der Waals surface area contributed by atoms with Gasteiger partial charge in [-0.25, -0.2) is 4.79 Å². The summed E-state index contributed by atoms with van der Waals surface area (Å²) in [6.45, 7) is -0.0565. The van der Waals surface area contributed by atoms with Crippen LogP contribution in [0.3, 0.4) is 0 Å². The highest BCUT2D eigenvalue weighted by atomic mass is 32.1. The van der Waals surface area contributed by atoms with Crippen LogP contribution in [0.2, 0.25) is 0 Å². The van der Waals surface area contributed by atoms with E-state index in [1.54, 1.807) is 0 Å². The third-order valence-corrected chi connectivity index (χ3v) is 4.37. The SMILES string of the molecule is O=C(O)CC(NC(=O)C(CS)NC(=O)C(CO)NC(=O)C1CCCN1)C(=O)O. The summed E-state index contributed by atoms with van der Waals surface area (Å²) in [6, 6.07) is -4.79. The van der Waals surface area contributed by atoms with E-state index < -0.39 is 66.9 Å². The third kappa shape index (κ3) is 7.32. The summed E-state index contributed by atoms with van der Waals surface area (Å²) in [6.07, 6.45) is 0.544. The molecule has 0 aromatic heterocycles. The highest BCUT2D eigenvalue weighted by Gasteiger charge is 2.31. The van der Waals surface area contributed by atoms with Gasteiger partial charge in [-0.2, -0.15) is 12.6 Å². The van der Waals surface area contributed by atoms with Crippen LogP contribution in [0.25, 0.3) is 0 Å². The van der Waals surface area contributed by atoms with Crippen molar-refractivity contribution < 1.29 is 39.3 Å². The fourth-order valence-corrected chi connectivity index (χ4v) is 2.75. The first-order valence-electron chi connectivity index (χ1n) is 8.50. The minimum Gasteiger partial charge on any atom is -0.481 e. The van der Waals surface area contributed by atoms with Gasteiger partial charge >= 0.3 is 11.9 Å². The standard InChI is InChI=1S/C15H24N4O8S/c20-5-9(18-12(23)7-2-1-3-16-7)13(24)19-10(6-28)14(25)17-8(15(26)27)4-11(21)22/h7-10,16,20,28H,1-6H2,(H,17,25)(H,18,23)(H,19,24)(H,21,22)(H,26,27). The van der Waals surface area contributed by atoms with Crippen LogP contribution in [0, 0.1) is 0 Å². The second-order valence-corrected chi connectivity index (χ2v) is 6.50. The van der Waals surface area contributed by atoms with Gasteiger partial charge in [-0.3, -0.25) is 19.2 Å². The van der Waals surface area contributed by atoms with Crippen LogP contribution < -0.4 is 21.3 Å². The molecule has 3 amide bonds. The molecule has 13 heteroatoms. The average molecular weight is 420 g/mol. The maximum atomic E-state index is 12.3. The molecule has 12 nitrogen and oxygen atoms in total. The van der Waals surface area contributed by atoms with Crippen molar-refractivity contribution in [3.05, 3.63) is 0 Å². The number of nitrogens with one attached hydrogen (secondary N) is 4. The van der Waals surface area contributed by atoms with Crippen LogP contribution >= 0.6 is 12.6 Å². The van der Waals surface area contributed by atoms with Crippen molar-refractivity contribution in [1.29, 1.82) is 0 Å². The van der Waals surface area contributed by atoms with Gasteiger partial charge < -0.3 is 36.6 Å². The van der Waals surface area contributed by atoms with Crippen LogP contribution in [0.5, 0.6) is 0 Å². The molecule has 4 atom stereocenters. The number of rotatable bonds is 11. The zero-order valence-electron chi connectivity index (χ0n) is 14.9. The number of hydrogen-bond donors (Lipinski definition) is 8. The molecule has 1 fully saturated rings. The quantitative estimate of drug-likeness (QED) is 0.158. The Morgan fingerprint density at radius 3 is 2.07 bits per heavy atom. The summed E-state index contributed by atoms with van der Waals surface area (Å²) >= 11 is 3.91. The van der Waals surface area contributed by atoms with Gasteiger partial charge in [-0.05, 0) is 19.4 Å². The molecule has 1 aliphatic rings. The van der Waals surface area contributed by atoms with E-state index in [-0.39, 0.29) is 5.75 Å². The van der Waals surface area contributed by atoms with Gasteiger partial charge in [-0.15, -0.1) is 0 Å². The number of carboxylic acids is 2. The van der Waals surface area contributed by atoms with Crippen molar-refractivity contribution in [3.63, 3.8) is 0 Å². The molecule has 1 heterocycles. The number of aliphatic carboxylic acids is 2. The molecular formula is C15H24N4O8S. The van der Waals surface area contributed by atoms with Crippen molar-refractivity contribution in [2.24, 2.45) is 0 Å².